The number of carbonyl (C=O) groups is 2. The van der Waals surface area contributed by atoms with Crippen LogP contribution in [0, 0.1) is 0 Å². The Labute approximate surface area is 145 Å². The number of hydrogen-bond acceptors (Lipinski definition) is 4. The van der Waals surface area contributed by atoms with Crippen LogP contribution in [0.15, 0.2) is 41.4 Å². The average Bonchev–Trinajstić information content (AvgIpc) is 3.18. The van der Waals surface area contributed by atoms with E-state index >= 15 is 0 Å². The second kappa shape index (κ2) is 6.34. The fourth-order valence-electron chi connectivity index (χ4n) is 2.81. The third kappa shape index (κ3) is 3.28. The third-order valence-electron chi connectivity index (χ3n) is 4.11. The summed E-state index contributed by atoms with van der Waals surface area (Å²) in [4.78, 5) is 27.3. The highest BCUT2D eigenvalue weighted by atomic mass is 32.2. The average molecular weight is 362 g/mol. The maximum absolute atomic E-state index is 12.4. The molecule has 9 heteroatoms. The van der Waals surface area contributed by atoms with Crippen LogP contribution in [0.1, 0.15) is 23.0 Å². The summed E-state index contributed by atoms with van der Waals surface area (Å²) >= 11 is 0. The van der Waals surface area contributed by atoms with Crippen molar-refractivity contribution in [1.29, 1.82) is 0 Å². The van der Waals surface area contributed by atoms with Crippen molar-refractivity contribution in [2.75, 3.05) is 11.4 Å². The Balaban J connectivity index is 1.76. The quantitative estimate of drug-likeness (QED) is 0.776. The van der Waals surface area contributed by atoms with Crippen LogP contribution in [-0.4, -0.2) is 31.3 Å². The number of rotatable bonds is 4. The van der Waals surface area contributed by atoms with E-state index in [1.165, 1.54) is 19.1 Å². The molecular weight excluding hydrogens is 344 g/mol. The highest BCUT2D eigenvalue weighted by molar-refractivity contribution is 7.89. The Morgan fingerprint density at radius 2 is 1.96 bits per heavy atom. The van der Waals surface area contributed by atoms with Crippen LogP contribution in [0.3, 0.4) is 0 Å². The molecule has 25 heavy (non-hydrogen) atoms. The normalized spacial score (nSPS) is 13.6. The minimum atomic E-state index is -3.91. The van der Waals surface area contributed by atoms with Crippen LogP contribution in [0.4, 0.5) is 5.69 Å². The molecule has 1 aromatic heterocycles. The van der Waals surface area contributed by atoms with Gasteiger partial charge in [0.2, 0.25) is 5.91 Å². The zero-order valence-corrected chi connectivity index (χ0v) is 14.6. The number of amides is 2. The summed E-state index contributed by atoms with van der Waals surface area (Å²) in [7, 11) is -2.23. The zero-order chi connectivity index (χ0) is 18.2. The summed E-state index contributed by atoms with van der Waals surface area (Å²) in [6, 6.07) is 7.81. The number of hydrazine groups is 1. The fourth-order valence-corrected chi connectivity index (χ4v) is 3.70. The Morgan fingerprint density at radius 1 is 1.20 bits per heavy atom. The van der Waals surface area contributed by atoms with E-state index in [1.807, 2.05) is 0 Å². The van der Waals surface area contributed by atoms with E-state index in [4.69, 9.17) is 0 Å². The minimum absolute atomic E-state index is 0.0313. The minimum Gasteiger partial charge on any atom is -0.347 e. The molecule has 8 nitrogen and oxygen atoms in total. The summed E-state index contributed by atoms with van der Waals surface area (Å²) < 4.78 is 26.4. The van der Waals surface area contributed by atoms with Crippen molar-refractivity contribution >= 4 is 27.5 Å². The molecule has 2 N–H and O–H groups in total. The lowest BCUT2D eigenvalue weighted by Gasteiger charge is -2.15. The summed E-state index contributed by atoms with van der Waals surface area (Å²) in [6.45, 7) is 2.01. The van der Waals surface area contributed by atoms with Crippen LogP contribution in [0.25, 0.3) is 0 Å². The van der Waals surface area contributed by atoms with Crippen LogP contribution < -0.4 is 15.2 Å². The maximum atomic E-state index is 12.4. The predicted octanol–water partition coefficient (Wildman–Crippen LogP) is 0.557. The van der Waals surface area contributed by atoms with Crippen LogP contribution in [0.2, 0.25) is 0 Å². The summed E-state index contributed by atoms with van der Waals surface area (Å²) in [5.74, 6) is -0.637. The lowest BCUT2D eigenvalue weighted by Crippen LogP contribution is -2.42. The number of anilines is 1. The van der Waals surface area contributed by atoms with E-state index in [0.29, 0.717) is 18.7 Å². The smallest absolute Gasteiger partial charge is 0.282 e. The lowest BCUT2D eigenvalue weighted by atomic mass is 10.2. The molecule has 1 aromatic carbocycles. The molecule has 0 radical (unpaired) electrons. The van der Waals surface area contributed by atoms with Crippen LogP contribution in [-0.2, 0) is 28.3 Å². The molecule has 0 spiro atoms. The molecule has 3 rings (SSSR count). The first-order valence-electron chi connectivity index (χ1n) is 7.64. The second-order valence-corrected chi connectivity index (χ2v) is 7.46. The monoisotopic (exact) mass is 362 g/mol. The zero-order valence-electron chi connectivity index (χ0n) is 13.8. The molecule has 0 aliphatic carbocycles. The molecular formula is C16H18N4O4S. The first kappa shape index (κ1) is 17.2. The number of nitrogens with one attached hydrogen (secondary N) is 2. The van der Waals surface area contributed by atoms with Gasteiger partial charge in [-0.05, 0) is 42.3 Å². The van der Waals surface area contributed by atoms with E-state index in [9.17, 15) is 18.0 Å². The van der Waals surface area contributed by atoms with Gasteiger partial charge in [-0.2, -0.15) is 0 Å². The van der Waals surface area contributed by atoms with Crippen molar-refractivity contribution in [3.8, 4) is 0 Å². The molecule has 0 atom stereocenters. The van der Waals surface area contributed by atoms with Crippen molar-refractivity contribution in [3.05, 3.63) is 47.8 Å². The predicted molar refractivity (Wildman–Crippen MR) is 91.4 cm³/mol. The van der Waals surface area contributed by atoms with Crippen molar-refractivity contribution in [1.82, 2.24) is 14.8 Å². The molecule has 1 aliphatic rings. The molecule has 2 aromatic rings. The lowest BCUT2D eigenvalue weighted by molar-refractivity contribution is -0.116. The number of sulfonamides is 1. The van der Waals surface area contributed by atoms with Gasteiger partial charge in [-0.25, -0.2) is 8.42 Å². The van der Waals surface area contributed by atoms with Gasteiger partial charge >= 0.3 is 0 Å². The largest absolute Gasteiger partial charge is 0.347 e. The van der Waals surface area contributed by atoms with Crippen LogP contribution >= 0.6 is 0 Å². The van der Waals surface area contributed by atoms with Crippen molar-refractivity contribution < 1.29 is 18.0 Å². The fraction of sp³-hybridized carbons (Fsp3) is 0.250. The summed E-state index contributed by atoms with van der Waals surface area (Å²) in [5.41, 5.74) is 4.03. The number of benzene rings is 1. The van der Waals surface area contributed by atoms with Crippen molar-refractivity contribution in [2.24, 2.45) is 7.05 Å². The molecule has 2 amide bonds. The van der Waals surface area contributed by atoms with E-state index < -0.39 is 15.9 Å². The first-order chi connectivity index (χ1) is 11.8. The van der Waals surface area contributed by atoms with E-state index in [-0.39, 0.29) is 10.8 Å². The number of carbonyl (C=O) groups excluding carboxylic acids is 2. The van der Waals surface area contributed by atoms with Gasteiger partial charge in [0.15, 0.2) is 0 Å². The van der Waals surface area contributed by atoms with Gasteiger partial charge in [-0.15, -0.1) is 4.83 Å². The number of aromatic nitrogens is 1. The number of fused-ring (bicyclic) bond motifs is 1. The van der Waals surface area contributed by atoms with E-state index in [0.717, 1.165) is 11.3 Å². The van der Waals surface area contributed by atoms with E-state index in [1.54, 1.807) is 40.9 Å². The van der Waals surface area contributed by atoms with Crippen molar-refractivity contribution in [2.45, 2.75) is 18.2 Å². The van der Waals surface area contributed by atoms with Gasteiger partial charge in [0.05, 0.1) is 4.90 Å². The molecule has 0 saturated heterocycles. The van der Waals surface area contributed by atoms with Gasteiger partial charge in [-0.3, -0.25) is 15.0 Å². The Kier molecular flexibility index (Phi) is 4.36. The van der Waals surface area contributed by atoms with Gasteiger partial charge in [0.1, 0.15) is 5.69 Å². The number of aryl methyl sites for hydroxylation is 1. The Bertz CT molecular complexity index is 949. The molecule has 0 saturated carbocycles. The highest BCUT2D eigenvalue weighted by Crippen LogP contribution is 2.30. The summed E-state index contributed by atoms with van der Waals surface area (Å²) in [5, 5.41) is 0. The van der Waals surface area contributed by atoms with Crippen LogP contribution in [0.5, 0.6) is 0 Å². The molecule has 0 bridgehead atoms. The molecule has 0 unspecified atom stereocenters. The van der Waals surface area contributed by atoms with Gasteiger partial charge < -0.3 is 9.47 Å². The maximum Gasteiger partial charge on any atom is 0.282 e. The molecule has 132 valence electrons. The highest BCUT2D eigenvalue weighted by Gasteiger charge is 2.25. The number of nitrogens with zero attached hydrogens (tertiary/aromatic N) is 2. The van der Waals surface area contributed by atoms with Gasteiger partial charge in [0.25, 0.3) is 15.9 Å². The summed E-state index contributed by atoms with van der Waals surface area (Å²) in [6.07, 6.45) is 2.28. The molecule has 0 fully saturated rings. The number of hydrogen-bond donors (Lipinski definition) is 2. The molecule has 2 heterocycles. The topological polar surface area (TPSA) is 101 Å². The Hall–Kier alpha value is -2.65. The second-order valence-electron chi connectivity index (χ2n) is 5.78. The van der Waals surface area contributed by atoms with E-state index in [2.05, 4.69) is 10.3 Å². The first-order valence-corrected chi connectivity index (χ1v) is 9.12. The SMILES string of the molecule is CC(=O)N1CCc2cc(S(=O)(=O)NNC(=O)c3cccn3C)ccc21. The third-order valence-corrected chi connectivity index (χ3v) is 5.36. The molecule has 1 aliphatic heterocycles. The Morgan fingerprint density at radius 3 is 2.60 bits per heavy atom. The van der Waals surface area contributed by atoms with Gasteiger partial charge in [-0.1, -0.05) is 0 Å². The van der Waals surface area contributed by atoms with Gasteiger partial charge in [0, 0.05) is 32.4 Å². The van der Waals surface area contributed by atoms with Crippen molar-refractivity contribution in [3.63, 3.8) is 0 Å². The standard InChI is InChI=1S/C16H18N4O4S/c1-11(21)20-9-7-12-10-13(5-6-14(12)20)25(23,24)18-17-16(22)15-4-3-8-19(15)2/h3-6,8,10,18H,7,9H2,1-2H3,(H,17,22).